The first-order valence-corrected chi connectivity index (χ1v) is 8.23. The lowest BCUT2D eigenvalue weighted by Gasteiger charge is -2.29. The first-order chi connectivity index (χ1) is 8.48. The molecule has 2 aliphatic rings. The van der Waals surface area contributed by atoms with E-state index in [-0.39, 0.29) is 11.7 Å². The predicted octanol–water partition coefficient (Wildman–Crippen LogP) is 2.46. The fourth-order valence-electron chi connectivity index (χ4n) is 2.89. The topological polar surface area (TPSA) is 32.3 Å². The number of carbonyl (C=O) groups excluding carboxylic acids is 1. The van der Waals surface area contributed by atoms with Gasteiger partial charge >= 0.3 is 0 Å². The highest BCUT2D eigenvalue weighted by Gasteiger charge is 2.48. The van der Waals surface area contributed by atoms with Crippen LogP contribution in [0.1, 0.15) is 47.0 Å². The standard InChI is InChI=1S/C14H26N2OS/c1-5-14(4)13(17)16(12(15-14)10(2)3)9-11-7-6-8-18-11/h10-12,15H,5-9H2,1-4H3. The molecule has 3 nitrogen and oxygen atoms in total. The average molecular weight is 270 g/mol. The summed E-state index contributed by atoms with van der Waals surface area (Å²) >= 11 is 2.03. The average Bonchev–Trinajstić information content (AvgIpc) is 2.92. The Morgan fingerprint density at radius 1 is 1.56 bits per heavy atom. The Labute approximate surface area is 115 Å². The Bertz CT molecular complexity index is 315. The Morgan fingerprint density at radius 2 is 2.28 bits per heavy atom. The zero-order valence-corrected chi connectivity index (χ0v) is 12.8. The van der Waals surface area contributed by atoms with Gasteiger partial charge in [-0.1, -0.05) is 20.8 Å². The van der Waals surface area contributed by atoms with Crippen molar-refractivity contribution in [2.45, 2.75) is 63.9 Å². The summed E-state index contributed by atoms with van der Waals surface area (Å²) in [7, 11) is 0. The van der Waals surface area contributed by atoms with E-state index < -0.39 is 0 Å². The molecule has 0 saturated carbocycles. The molecule has 3 unspecified atom stereocenters. The van der Waals surface area contributed by atoms with Gasteiger partial charge in [0.15, 0.2) is 0 Å². The first-order valence-electron chi connectivity index (χ1n) is 7.18. The molecule has 4 heteroatoms. The zero-order chi connectivity index (χ0) is 13.3. The summed E-state index contributed by atoms with van der Waals surface area (Å²) < 4.78 is 0. The highest BCUT2D eigenvalue weighted by Crippen LogP contribution is 2.32. The number of thioether (sulfide) groups is 1. The van der Waals surface area contributed by atoms with E-state index in [1.807, 2.05) is 18.7 Å². The van der Waals surface area contributed by atoms with E-state index in [0.717, 1.165) is 13.0 Å². The molecule has 1 amide bonds. The molecule has 0 spiro atoms. The maximum atomic E-state index is 12.6. The summed E-state index contributed by atoms with van der Waals surface area (Å²) in [6, 6.07) is 0. The van der Waals surface area contributed by atoms with Gasteiger partial charge in [-0.15, -0.1) is 0 Å². The van der Waals surface area contributed by atoms with Crippen molar-refractivity contribution in [3.8, 4) is 0 Å². The van der Waals surface area contributed by atoms with Gasteiger partial charge in [0.1, 0.15) is 0 Å². The highest BCUT2D eigenvalue weighted by atomic mass is 32.2. The second-order valence-corrected chi connectivity index (χ2v) is 7.52. The van der Waals surface area contributed by atoms with Crippen LogP contribution in [0.2, 0.25) is 0 Å². The van der Waals surface area contributed by atoms with Crippen molar-refractivity contribution in [3.05, 3.63) is 0 Å². The van der Waals surface area contributed by atoms with Crippen LogP contribution in [-0.2, 0) is 4.79 Å². The van der Waals surface area contributed by atoms with Gasteiger partial charge in [-0.3, -0.25) is 10.1 Å². The van der Waals surface area contributed by atoms with E-state index in [9.17, 15) is 4.79 Å². The number of hydrogen-bond donors (Lipinski definition) is 1. The van der Waals surface area contributed by atoms with Gasteiger partial charge in [-0.05, 0) is 37.9 Å². The van der Waals surface area contributed by atoms with Gasteiger partial charge in [-0.25, -0.2) is 0 Å². The maximum absolute atomic E-state index is 12.6. The van der Waals surface area contributed by atoms with Crippen LogP contribution in [0.15, 0.2) is 0 Å². The normalized spacial score (nSPS) is 36.9. The van der Waals surface area contributed by atoms with Gasteiger partial charge in [0.05, 0.1) is 11.7 Å². The van der Waals surface area contributed by atoms with E-state index in [1.165, 1.54) is 18.6 Å². The van der Waals surface area contributed by atoms with Crippen molar-refractivity contribution in [2.75, 3.05) is 12.3 Å². The summed E-state index contributed by atoms with van der Waals surface area (Å²) in [5, 5.41) is 4.21. The van der Waals surface area contributed by atoms with Gasteiger partial charge in [0.2, 0.25) is 5.91 Å². The molecule has 0 radical (unpaired) electrons. The van der Waals surface area contributed by atoms with Crippen molar-refractivity contribution >= 4 is 17.7 Å². The molecule has 0 aromatic heterocycles. The van der Waals surface area contributed by atoms with Crippen molar-refractivity contribution in [1.82, 2.24) is 10.2 Å². The summed E-state index contributed by atoms with van der Waals surface area (Å²) in [5.41, 5.74) is -0.349. The quantitative estimate of drug-likeness (QED) is 0.852. The molecule has 2 rings (SSSR count). The van der Waals surface area contributed by atoms with E-state index in [2.05, 4.69) is 31.0 Å². The van der Waals surface area contributed by atoms with E-state index in [1.54, 1.807) is 0 Å². The van der Waals surface area contributed by atoms with Crippen molar-refractivity contribution in [2.24, 2.45) is 5.92 Å². The van der Waals surface area contributed by atoms with E-state index in [4.69, 9.17) is 0 Å². The Balaban J connectivity index is 2.11. The Kier molecular flexibility index (Phi) is 4.27. The largest absolute Gasteiger partial charge is 0.324 e. The molecule has 1 N–H and O–H groups in total. The lowest BCUT2D eigenvalue weighted by molar-refractivity contribution is -0.133. The number of nitrogens with one attached hydrogen (secondary N) is 1. The summed E-state index contributed by atoms with van der Waals surface area (Å²) in [4.78, 5) is 14.7. The molecular formula is C14H26N2OS. The van der Waals surface area contributed by atoms with Gasteiger partial charge in [-0.2, -0.15) is 11.8 Å². The molecule has 2 aliphatic heterocycles. The van der Waals surface area contributed by atoms with Crippen LogP contribution < -0.4 is 5.32 Å². The SMILES string of the molecule is CCC1(C)NC(C(C)C)N(CC2CCCS2)C1=O. The number of amides is 1. The third kappa shape index (κ3) is 2.55. The zero-order valence-electron chi connectivity index (χ0n) is 12.0. The number of rotatable bonds is 4. The van der Waals surface area contributed by atoms with Crippen molar-refractivity contribution in [1.29, 1.82) is 0 Å². The van der Waals surface area contributed by atoms with Crippen LogP contribution in [0, 0.1) is 5.92 Å². The molecule has 2 heterocycles. The lowest BCUT2D eigenvalue weighted by atomic mass is 9.99. The third-order valence-corrected chi connectivity index (χ3v) is 5.68. The molecule has 3 atom stereocenters. The van der Waals surface area contributed by atoms with Crippen LogP contribution in [-0.4, -0.2) is 40.1 Å². The third-order valence-electron chi connectivity index (χ3n) is 4.30. The number of carbonyl (C=O) groups is 1. The minimum absolute atomic E-state index is 0.212. The fourth-order valence-corrected chi connectivity index (χ4v) is 4.16. The van der Waals surface area contributed by atoms with Gasteiger partial charge < -0.3 is 4.90 Å². The van der Waals surface area contributed by atoms with Crippen LogP contribution in [0.5, 0.6) is 0 Å². The second kappa shape index (κ2) is 5.41. The van der Waals surface area contributed by atoms with Crippen molar-refractivity contribution in [3.63, 3.8) is 0 Å². The molecule has 0 aliphatic carbocycles. The summed E-state index contributed by atoms with van der Waals surface area (Å²) in [6.07, 6.45) is 3.65. The second-order valence-electron chi connectivity index (χ2n) is 6.11. The molecule has 2 saturated heterocycles. The molecule has 2 fully saturated rings. The predicted molar refractivity (Wildman–Crippen MR) is 77.7 cm³/mol. The Hall–Kier alpha value is -0.220. The van der Waals surface area contributed by atoms with E-state index in [0.29, 0.717) is 17.1 Å². The first kappa shape index (κ1) is 14.2. The van der Waals surface area contributed by atoms with Gasteiger partial charge in [0, 0.05) is 11.8 Å². The van der Waals surface area contributed by atoms with Crippen LogP contribution in [0.4, 0.5) is 0 Å². The lowest BCUT2D eigenvalue weighted by Crippen LogP contribution is -2.45. The van der Waals surface area contributed by atoms with Crippen molar-refractivity contribution < 1.29 is 4.79 Å². The van der Waals surface area contributed by atoms with Crippen LogP contribution >= 0.6 is 11.8 Å². The highest BCUT2D eigenvalue weighted by molar-refractivity contribution is 8.00. The maximum Gasteiger partial charge on any atom is 0.243 e. The molecular weight excluding hydrogens is 244 g/mol. The number of nitrogens with zero attached hydrogens (tertiary/aromatic N) is 1. The molecule has 104 valence electrons. The number of hydrogen-bond acceptors (Lipinski definition) is 3. The smallest absolute Gasteiger partial charge is 0.243 e. The molecule has 0 aromatic rings. The van der Waals surface area contributed by atoms with Gasteiger partial charge in [0.25, 0.3) is 0 Å². The monoisotopic (exact) mass is 270 g/mol. The Morgan fingerprint density at radius 3 is 2.78 bits per heavy atom. The van der Waals surface area contributed by atoms with Crippen LogP contribution in [0.3, 0.4) is 0 Å². The molecule has 0 aromatic carbocycles. The van der Waals surface area contributed by atoms with E-state index >= 15 is 0 Å². The fraction of sp³-hybridized carbons (Fsp3) is 0.929. The minimum atomic E-state index is -0.349. The van der Waals surface area contributed by atoms with Crippen LogP contribution in [0.25, 0.3) is 0 Å². The summed E-state index contributed by atoms with van der Waals surface area (Å²) in [6.45, 7) is 9.46. The molecule has 18 heavy (non-hydrogen) atoms. The summed E-state index contributed by atoms with van der Waals surface area (Å²) in [5.74, 6) is 2.03. The molecule has 0 bridgehead atoms. The minimum Gasteiger partial charge on any atom is -0.324 e.